The van der Waals surface area contributed by atoms with Crippen molar-refractivity contribution in [2.24, 2.45) is 11.8 Å². The summed E-state index contributed by atoms with van der Waals surface area (Å²) in [5.74, 6) is 0.338. The molecule has 6 nitrogen and oxygen atoms in total. The van der Waals surface area contributed by atoms with Crippen LogP contribution in [0.1, 0.15) is 72.6 Å². The Morgan fingerprint density at radius 1 is 0.741 bits per heavy atom. The first-order chi connectivity index (χ1) is 12.7. The molecule has 0 radical (unpaired) electrons. The molecule has 0 aliphatic carbocycles. The van der Waals surface area contributed by atoms with Gasteiger partial charge in [0.15, 0.2) is 0 Å². The largest absolute Gasteiger partial charge is 0.459 e. The molecule has 2 aliphatic rings. The summed E-state index contributed by atoms with van der Waals surface area (Å²) in [5.41, 5.74) is -0.895. The van der Waals surface area contributed by atoms with Crippen LogP contribution in [0.25, 0.3) is 0 Å². The number of esters is 2. The highest BCUT2D eigenvalue weighted by molar-refractivity contribution is 5.73. The normalized spacial score (nSPS) is 20.3. The highest BCUT2D eigenvalue weighted by atomic mass is 16.6. The molecular weight excluding hydrogens is 344 g/mol. The van der Waals surface area contributed by atoms with Crippen molar-refractivity contribution >= 4 is 11.9 Å². The molecule has 2 N–H and O–H groups in total. The first kappa shape index (κ1) is 22.2. The smallest absolute Gasteiger partial charge is 0.306 e. The Kier molecular flexibility index (Phi) is 8.10. The van der Waals surface area contributed by atoms with Gasteiger partial charge in [0, 0.05) is 24.7 Å². The molecule has 0 aromatic rings. The molecule has 0 atom stereocenters. The van der Waals surface area contributed by atoms with Gasteiger partial charge < -0.3 is 20.1 Å². The molecule has 6 heteroatoms. The average molecular weight is 383 g/mol. The fourth-order valence-electron chi connectivity index (χ4n) is 4.27. The third-order valence-corrected chi connectivity index (χ3v) is 6.16. The minimum atomic E-state index is -0.448. The number of carbonyl (C=O) groups is 2. The maximum Gasteiger partial charge on any atom is 0.306 e. The molecule has 0 unspecified atom stereocenters. The van der Waals surface area contributed by atoms with Gasteiger partial charge in [-0.3, -0.25) is 9.59 Å². The Morgan fingerprint density at radius 2 is 1.07 bits per heavy atom. The molecule has 2 rings (SSSR count). The second-order valence-electron chi connectivity index (χ2n) is 9.06. The van der Waals surface area contributed by atoms with Crippen molar-refractivity contribution in [3.05, 3.63) is 0 Å². The second kappa shape index (κ2) is 9.87. The molecule has 0 spiro atoms. The number of piperidine rings is 2. The number of nitrogens with one attached hydrogen (secondary N) is 2. The Hall–Kier alpha value is -1.14. The zero-order valence-corrected chi connectivity index (χ0v) is 17.6. The molecule has 0 amide bonds. The first-order valence-corrected chi connectivity index (χ1v) is 10.6. The van der Waals surface area contributed by atoms with Gasteiger partial charge >= 0.3 is 11.9 Å². The van der Waals surface area contributed by atoms with Gasteiger partial charge in [-0.1, -0.05) is 0 Å². The van der Waals surface area contributed by atoms with E-state index in [-0.39, 0.29) is 24.8 Å². The first-order valence-electron chi connectivity index (χ1n) is 10.6. The van der Waals surface area contributed by atoms with E-state index in [4.69, 9.17) is 9.47 Å². The van der Waals surface area contributed by atoms with Crippen molar-refractivity contribution < 1.29 is 19.1 Å². The minimum absolute atomic E-state index is 0.219. The number of ether oxygens (including phenoxy) is 2. The van der Waals surface area contributed by atoms with Crippen molar-refractivity contribution in [1.82, 2.24) is 10.6 Å². The lowest BCUT2D eigenvalue weighted by Crippen LogP contribution is -2.43. The zero-order valence-electron chi connectivity index (χ0n) is 17.6. The maximum absolute atomic E-state index is 12.2. The van der Waals surface area contributed by atoms with Gasteiger partial charge in [0.1, 0.15) is 11.2 Å². The highest BCUT2D eigenvalue weighted by Crippen LogP contribution is 2.30. The van der Waals surface area contributed by atoms with Gasteiger partial charge in [-0.25, -0.2) is 0 Å². The predicted molar refractivity (Wildman–Crippen MR) is 105 cm³/mol. The van der Waals surface area contributed by atoms with Gasteiger partial charge in [-0.2, -0.15) is 0 Å². The van der Waals surface area contributed by atoms with Gasteiger partial charge in [0.05, 0.1) is 0 Å². The van der Waals surface area contributed by atoms with Crippen molar-refractivity contribution in [2.75, 3.05) is 26.2 Å². The summed E-state index contributed by atoms with van der Waals surface area (Å²) in [5, 5.41) is 6.67. The van der Waals surface area contributed by atoms with Crippen molar-refractivity contribution in [3.8, 4) is 0 Å². The third kappa shape index (κ3) is 7.07. The van der Waals surface area contributed by atoms with E-state index in [1.807, 2.05) is 27.7 Å². The van der Waals surface area contributed by atoms with Crippen LogP contribution >= 0.6 is 0 Å². The molecule has 2 aliphatic heterocycles. The Balaban J connectivity index is 1.68. The van der Waals surface area contributed by atoms with Crippen LogP contribution in [0.2, 0.25) is 0 Å². The van der Waals surface area contributed by atoms with Gasteiger partial charge in [0.25, 0.3) is 0 Å². The van der Waals surface area contributed by atoms with E-state index in [9.17, 15) is 9.59 Å². The van der Waals surface area contributed by atoms with Gasteiger partial charge in [0.2, 0.25) is 0 Å². The molecule has 0 aromatic carbocycles. The van der Waals surface area contributed by atoms with Crippen LogP contribution in [0.4, 0.5) is 0 Å². The summed E-state index contributed by atoms with van der Waals surface area (Å²) in [7, 11) is 0. The molecule has 0 bridgehead atoms. The standard InChI is InChI=1S/C21H38N2O4/c1-20(2,16-8-12-22-13-9-16)26-18(24)6-5-7-19(25)27-21(3,4)17-10-14-23-15-11-17/h16-17,22-23H,5-15H2,1-4H3. The molecule has 0 aromatic heterocycles. The maximum atomic E-state index is 12.2. The fourth-order valence-corrected chi connectivity index (χ4v) is 4.27. The fraction of sp³-hybridized carbons (Fsp3) is 0.905. The van der Waals surface area contributed by atoms with E-state index in [0.29, 0.717) is 18.3 Å². The Bertz CT molecular complexity index is 448. The lowest BCUT2D eigenvalue weighted by atomic mass is 9.83. The zero-order chi connectivity index (χ0) is 19.9. The van der Waals surface area contributed by atoms with E-state index in [1.165, 1.54) is 0 Å². The lowest BCUT2D eigenvalue weighted by Gasteiger charge is -2.37. The average Bonchev–Trinajstić information content (AvgIpc) is 2.62. The lowest BCUT2D eigenvalue weighted by molar-refractivity contribution is -0.164. The van der Waals surface area contributed by atoms with Crippen LogP contribution in [-0.2, 0) is 19.1 Å². The molecular formula is C21H38N2O4. The summed E-state index contributed by atoms with van der Waals surface area (Å²) >= 11 is 0. The summed E-state index contributed by atoms with van der Waals surface area (Å²) < 4.78 is 11.5. The molecule has 156 valence electrons. The third-order valence-electron chi connectivity index (χ3n) is 6.16. The second-order valence-corrected chi connectivity index (χ2v) is 9.06. The van der Waals surface area contributed by atoms with Gasteiger partial charge in [-0.05, 0) is 86.0 Å². The van der Waals surface area contributed by atoms with E-state index < -0.39 is 11.2 Å². The predicted octanol–water partition coefficient (Wildman–Crippen LogP) is 2.80. The SMILES string of the molecule is CC(C)(OC(=O)CCCC(=O)OC(C)(C)C1CCNCC1)C1CCNCC1. The van der Waals surface area contributed by atoms with Gasteiger partial charge in [-0.15, -0.1) is 0 Å². The Labute approximate surface area is 164 Å². The van der Waals surface area contributed by atoms with Crippen LogP contribution in [0.5, 0.6) is 0 Å². The van der Waals surface area contributed by atoms with E-state index in [2.05, 4.69) is 10.6 Å². The topological polar surface area (TPSA) is 76.7 Å². The Morgan fingerprint density at radius 3 is 1.41 bits per heavy atom. The molecule has 2 fully saturated rings. The quantitative estimate of drug-likeness (QED) is 0.629. The van der Waals surface area contributed by atoms with Crippen LogP contribution < -0.4 is 10.6 Å². The van der Waals surface area contributed by atoms with E-state index >= 15 is 0 Å². The van der Waals surface area contributed by atoms with E-state index in [0.717, 1.165) is 51.9 Å². The van der Waals surface area contributed by atoms with Crippen molar-refractivity contribution in [1.29, 1.82) is 0 Å². The highest BCUT2D eigenvalue weighted by Gasteiger charge is 2.35. The van der Waals surface area contributed by atoms with Crippen molar-refractivity contribution in [3.63, 3.8) is 0 Å². The van der Waals surface area contributed by atoms with Crippen LogP contribution in [0, 0.1) is 11.8 Å². The summed E-state index contributed by atoms with van der Waals surface area (Å²) in [4.78, 5) is 24.4. The van der Waals surface area contributed by atoms with Crippen LogP contribution in [-0.4, -0.2) is 49.3 Å². The number of rotatable bonds is 8. The van der Waals surface area contributed by atoms with Crippen LogP contribution in [0.15, 0.2) is 0 Å². The summed E-state index contributed by atoms with van der Waals surface area (Å²) in [6.45, 7) is 11.9. The molecule has 27 heavy (non-hydrogen) atoms. The van der Waals surface area contributed by atoms with E-state index in [1.54, 1.807) is 0 Å². The number of hydrogen-bond acceptors (Lipinski definition) is 6. The summed E-state index contributed by atoms with van der Waals surface area (Å²) in [6.07, 6.45) is 5.10. The number of carbonyl (C=O) groups excluding carboxylic acids is 2. The summed E-state index contributed by atoms with van der Waals surface area (Å²) in [6, 6.07) is 0. The van der Waals surface area contributed by atoms with Crippen LogP contribution in [0.3, 0.4) is 0 Å². The van der Waals surface area contributed by atoms with Crippen molar-refractivity contribution in [2.45, 2.75) is 83.8 Å². The monoisotopic (exact) mass is 382 g/mol. The molecule has 2 saturated heterocycles. The molecule has 0 saturated carbocycles. The molecule has 2 heterocycles. The number of hydrogen-bond donors (Lipinski definition) is 2. The minimum Gasteiger partial charge on any atom is -0.459 e.